The molecule has 0 radical (unpaired) electrons. The second-order valence-electron chi connectivity index (χ2n) is 14.9. The number of unbranched alkanes of at least 4 members (excludes halogenated alkanes) is 21. The third-order valence-electron chi connectivity index (χ3n) is 10.1. The molecule has 0 unspecified atom stereocenters. The van der Waals surface area contributed by atoms with Gasteiger partial charge in [0, 0.05) is 0 Å². The number of aliphatic hydroxyl groups excluding tert-OH is 6. The predicted octanol–water partition coefficient (Wildman–Crippen LogP) is 6.91. The minimum absolute atomic E-state index is 0.308. The lowest BCUT2D eigenvalue weighted by molar-refractivity contribution is -0.302. The van der Waals surface area contributed by atoms with Crippen molar-refractivity contribution in [1.29, 1.82) is 0 Å². The third-order valence-corrected chi connectivity index (χ3v) is 10.1. The predicted molar refractivity (Wildman–Crippen MR) is 209 cm³/mol. The first-order valence-corrected chi connectivity index (χ1v) is 21.2. The van der Waals surface area contributed by atoms with Crippen LogP contribution in [-0.2, 0) is 14.3 Å². The molecular formula is C42H79NO9. The smallest absolute Gasteiger partial charge is 0.249 e. The van der Waals surface area contributed by atoms with E-state index >= 15 is 0 Å². The highest BCUT2D eigenvalue weighted by Gasteiger charge is 2.44. The highest BCUT2D eigenvalue weighted by Crippen LogP contribution is 2.22. The molecule has 1 aliphatic rings. The van der Waals surface area contributed by atoms with Gasteiger partial charge in [-0.2, -0.15) is 0 Å². The minimum atomic E-state index is -1.61. The number of carbonyl (C=O) groups is 1. The van der Waals surface area contributed by atoms with Crippen LogP contribution in [0.4, 0.5) is 0 Å². The van der Waals surface area contributed by atoms with Crippen LogP contribution in [0.15, 0.2) is 24.3 Å². The highest BCUT2D eigenvalue weighted by molar-refractivity contribution is 5.80. The summed E-state index contributed by atoms with van der Waals surface area (Å²) in [5, 5.41) is 64.4. The van der Waals surface area contributed by atoms with Crippen LogP contribution < -0.4 is 5.32 Å². The van der Waals surface area contributed by atoms with Gasteiger partial charge in [-0.15, -0.1) is 0 Å². The molecule has 52 heavy (non-hydrogen) atoms. The molecule has 10 heteroatoms. The van der Waals surface area contributed by atoms with Gasteiger partial charge in [0.25, 0.3) is 0 Å². The molecule has 1 saturated heterocycles. The lowest BCUT2D eigenvalue weighted by Crippen LogP contribution is -2.60. The summed E-state index contributed by atoms with van der Waals surface area (Å²) in [4.78, 5) is 13.0. The van der Waals surface area contributed by atoms with E-state index < -0.39 is 61.5 Å². The Morgan fingerprint density at radius 1 is 0.654 bits per heavy atom. The molecule has 0 aromatic heterocycles. The van der Waals surface area contributed by atoms with Crippen LogP contribution in [0.25, 0.3) is 0 Å². The number of hydrogen-bond acceptors (Lipinski definition) is 9. The quantitative estimate of drug-likeness (QED) is 0.0274. The van der Waals surface area contributed by atoms with Crippen molar-refractivity contribution in [1.82, 2.24) is 5.32 Å². The van der Waals surface area contributed by atoms with Gasteiger partial charge in [0.1, 0.15) is 30.5 Å². The number of aliphatic hydroxyl groups is 6. The summed E-state index contributed by atoms with van der Waals surface area (Å²) >= 11 is 0. The summed E-state index contributed by atoms with van der Waals surface area (Å²) in [6.07, 6.45) is 26.9. The molecule has 306 valence electrons. The largest absolute Gasteiger partial charge is 0.394 e. The highest BCUT2D eigenvalue weighted by atomic mass is 16.7. The topological polar surface area (TPSA) is 169 Å². The SMILES string of the molecule is CCCCCCCC/C=C\CCCCCC/C=C/[C@@H](O)[C@H](CO[C@@H]1O[C@H](CO)[C@@H](O)[C@H](O)[C@H]1O)NC(=O)[C@H](O)CCCCCCCCCCCCC. The van der Waals surface area contributed by atoms with E-state index in [1.165, 1.54) is 89.9 Å². The Hall–Kier alpha value is -1.37. The average Bonchev–Trinajstić information content (AvgIpc) is 3.14. The molecule has 1 fully saturated rings. The number of hydrogen-bond donors (Lipinski definition) is 7. The second-order valence-corrected chi connectivity index (χ2v) is 14.9. The maximum atomic E-state index is 13.0. The van der Waals surface area contributed by atoms with Crippen molar-refractivity contribution < 1.29 is 44.9 Å². The third kappa shape index (κ3) is 23.4. The van der Waals surface area contributed by atoms with Crippen molar-refractivity contribution in [3.05, 3.63) is 24.3 Å². The number of amides is 1. The van der Waals surface area contributed by atoms with E-state index in [-0.39, 0.29) is 6.61 Å². The Labute approximate surface area is 316 Å². The molecule has 1 rings (SSSR count). The van der Waals surface area contributed by atoms with Crippen LogP contribution in [0.3, 0.4) is 0 Å². The summed E-state index contributed by atoms with van der Waals surface area (Å²) in [6, 6.07) is -0.980. The Morgan fingerprint density at radius 3 is 1.62 bits per heavy atom. The summed E-state index contributed by atoms with van der Waals surface area (Å²) < 4.78 is 11.1. The number of ether oxygens (including phenoxy) is 2. The first-order chi connectivity index (χ1) is 25.3. The van der Waals surface area contributed by atoms with Crippen LogP contribution in [0, 0.1) is 0 Å². The molecular weight excluding hydrogens is 662 g/mol. The molecule has 7 N–H and O–H groups in total. The van der Waals surface area contributed by atoms with Gasteiger partial charge < -0.3 is 45.4 Å². The maximum absolute atomic E-state index is 13.0. The Morgan fingerprint density at radius 2 is 1.12 bits per heavy atom. The molecule has 0 spiro atoms. The van der Waals surface area contributed by atoms with E-state index in [0.29, 0.717) is 6.42 Å². The zero-order chi connectivity index (χ0) is 38.2. The average molecular weight is 742 g/mol. The lowest BCUT2D eigenvalue weighted by atomic mass is 9.99. The Bertz CT molecular complexity index is 886. The zero-order valence-corrected chi connectivity index (χ0v) is 32.9. The van der Waals surface area contributed by atoms with E-state index in [0.717, 1.165) is 64.2 Å². The summed E-state index contributed by atoms with van der Waals surface area (Å²) in [7, 11) is 0. The van der Waals surface area contributed by atoms with Crippen molar-refractivity contribution in [3.8, 4) is 0 Å². The van der Waals surface area contributed by atoms with Crippen LogP contribution in [-0.4, -0.2) is 98.7 Å². The fraction of sp³-hybridized carbons (Fsp3) is 0.881. The first-order valence-electron chi connectivity index (χ1n) is 21.2. The molecule has 10 nitrogen and oxygen atoms in total. The van der Waals surface area contributed by atoms with Crippen LogP contribution in [0.5, 0.6) is 0 Å². The van der Waals surface area contributed by atoms with Gasteiger partial charge in [0.2, 0.25) is 5.91 Å². The summed E-state index contributed by atoms with van der Waals surface area (Å²) in [5.41, 5.74) is 0. The molecule has 1 aliphatic heterocycles. The Balaban J connectivity index is 2.49. The summed E-state index contributed by atoms with van der Waals surface area (Å²) in [6.45, 7) is 3.56. The second kappa shape index (κ2) is 33.0. The molecule has 1 amide bonds. The van der Waals surface area contributed by atoms with Crippen LogP contribution in [0.1, 0.15) is 174 Å². The van der Waals surface area contributed by atoms with Gasteiger partial charge in [-0.25, -0.2) is 0 Å². The van der Waals surface area contributed by atoms with E-state index in [4.69, 9.17) is 9.47 Å². The van der Waals surface area contributed by atoms with Gasteiger partial charge in [-0.1, -0.05) is 154 Å². The van der Waals surface area contributed by atoms with Gasteiger partial charge in [0.05, 0.1) is 25.4 Å². The number of nitrogens with one attached hydrogen (secondary N) is 1. The van der Waals surface area contributed by atoms with E-state index in [1.54, 1.807) is 6.08 Å². The van der Waals surface area contributed by atoms with Crippen molar-refractivity contribution in [3.63, 3.8) is 0 Å². The molecule has 0 saturated carbocycles. The molecule has 0 aliphatic carbocycles. The van der Waals surface area contributed by atoms with E-state index in [1.807, 2.05) is 6.08 Å². The number of rotatable bonds is 34. The number of carbonyl (C=O) groups excluding carboxylic acids is 1. The Kier molecular flexibility index (Phi) is 30.9. The maximum Gasteiger partial charge on any atom is 0.249 e. The fourth-order valence-corrected chi connectivity index (χ4v) is 6.57. The van der Waals surface area contributed by atoms with E-state index in [2.05, 4.69) is 31.3 Å². The van der Waals surface area contributed by atoms with Crippen molar-refractivity contribution in [2.75, 3.05) is 13.2 Å². The molecule has 0 bridgehead atoms. The van der Waals surface area contributed by atoms with Crippen LogP contribution >= 0.6 is 0 Å². The molecule has 8 atom stereocenters. The number of allylic oxidation sites excluding steroid dienone is 3. The molecule has 0 aromatic rings. The summed E-state index contributed by atoms with van der Waals surface area (Å²) in [5.74, 6) is -0.622. The van der Waals surface area contributed by atoms with Crippen molar-refractivity contribution in [2.45, 2.75) is 223 Å². The monoisotopic (exact) mass is 742 g/mol. The lowest BCUT2D eigenvalue weighted by Gasteiger charge is -2.40. The normalized spacial score (nSPS) is 22.7. The van der Waals surface area contributed by atoms with Gasteiger partial charge >= 0.3 is 0 Å². The fourth-order valence-electron chi connectivity index (χ4n) is 6.57. The molecule has 0 aromatic carbocycles. The standard InChI is InChI=1S/C42H79NO9/c1-3-5-7-9-11-13-15-16-17-18-19-21-22-24-26-28-30-35(45)34(33-51-42-40(49)39(48)38(47)37(32-44)52-42)43-41(50)36(46)31-29-27-25-23-20-14-12-10-8-6-4-2/h16-17,28,30,34-40,42,44-49H,3-15,18-27,29,31-33H2,1-2H3,(H,43,50)/b17-16-,30-28+/t34-,35+,36+,37+,38+,39-,40+,42+/m0/s1. The van der Waals surface area contributed by atoms with Gasteiger partial charge in [-0.3, -0.25) is 4.79 Å². The molecule has 1 heterocycles. The van der Waals surface area contributed by atoms with Gasteiger partial charge in [0.15, 0.2) is 6.29 Å². The van der Waals surface area contributed by atoms with E-state index in [9.17, 15) is 35.4 Å². The van der Waals surface area contributed by atoms with Gasteiger partial charge in [-0.05, 0) is 44.9 Å². The zero-order valence-electron chi connectivity index (χ0n) is 32.9. The van der Waals surface area contributed by atoms with Crippen molar-refractivity contribution in [2.24, 2.45) is 0 Å². The van der Waals surface area contributed by atoms with Crippen LogP contribution in [0.2, 0.25) is 0 Å². The first kappa shape index (κ1) is 48.6. The minimum Gasteiger partial charge on any atom is -0.394 e. The van der Waals surface area contributed by atoms with Crippen molar-refractivity contribution >= 4 is 5.91 Å².